The van der Waals surface area contributed by atoms with E-state index in [-0.39, 0.29) is 18.6 Å². The Hall–Kier alpha value is -2.48. The lowest BCUT2D eigenvalue weighted by atomic mass is 10.2. The van der Waals surface area contributed by atoms with E-state index in [4.69, 9.17) is 9.84 Å². The van der Waals surface area contributed by atoms with Crippen molar-refractivity contribution in [2.45, 2.75) is 12.5 Å². The molecule has 0 fully saturated rings. The molecule has 0 amide bonds. The van der Waals surface area contributed by atoms with Crippen molar-refractivity contribution in [1.82, 2.24) is 20.6 Å². The van der Waals surface area contributed by atoms with E-state index in [0.717, 1.165) is 0 Å². The Morgan fingerprint density at radius 1 is 1.37 bits per heavy atom. The first-order valence-electron chi connectivity index (χ1n) is 5.52. The van der Waals surface area contributed by atoms with E-state index in [2.05, 4.69) is 20.6 Å². The van der Waals surface area contributed by atoms with Crippen molar-refractivity contribution in [3.05, 3.63) is 35.7 Å². The van der Waals surface area contributed by atoms with Gasteiger partial charge in [-0.3, -0.25) is 0 Å². The van der Waals surface area contributed by atoms with Crippen LogP contribution in [0.3, 0.4) is 0 Å². The number of tetrazole rings is 1. The van der Waals surface area contributed by atoms with E-state index in [0.29, 0.717) is 11.6 Å². The average molecular weight is 264 g/mol. The van der Waals surface area contributed by atoms with Crippen molar-refractivity contribution in [2.75, 3.05) is 6.61 Å². The summed E-state index contributed by atoms with van der Waals surface area (Å²) in [4.78, 5) is 10.7. The first kappa shape index (κ1) is 13.0. The number of carboxylic acid groups (broad SMARTS) is 1. The summed E-state index contributed by atoms with van der Waals surface area (Å²) in [7, 11) is 0. The first-order chi connectivity index (χ1) is 9.15. The SMILES string of the molecule is O=C(O)c1ccc(OCC(O)Cc2nnn[nH]2)cc1. The third-order valence-corrected chi connectivity index (χ3v) is 2.36. The van der Waals surface area contributed by atoms with Crippen LogP contribution >= 0.6 is 0 Å². The fourth-order valence-corrected chi connectivity index (χ4v) is 1.43. The molecule has 2 aromatic rings. The van der Waals surface area contributed by atoms with Crippen molar-refractivity contribution in [3.63, 3.8) is 0 Å². The Labute approximate surface area is 108 Å². The summed E-state index contributed by atoms with van der Waals surface area (Å²) in [6, 6.07) is 5.94. The highest BCUT2D eigenvalue weighted by Gasteiger charge is 2.09. The zero-order chi connectivity index (χ0) is 13.7. The molecule has 0 bridgehead atoms. The second kappa shape index (κ2) is 5.91. The third kappa shape index (κ3) is 3.75. The van der Waals surface area contributed by atoms with Gasteiger partial charge in [0, 0.05) is 6.42 Å². The van der Waals surface area contributed by atoms with Gasteiger partial charge in [0.05, 0.1) is 11.7 Å². The molecule has 0 spiro atoms. The minimum atomic E-state index is -0.996. The van der Waals surface area contributed by atoms with Crippen LogP contribution in [0.5, 0.6) is 5.75 Å². The molecular formula is C11H12N4O4. The molecule has 8 nitrogen and oxygen atoms in total. The van der Waals surface area contributed by atoms with Crippen LogP contribution in [0.25, 0.3) is 0 Å². The molecular weight excluding hydrogens is 252 g/mol. The fourth-order valence-electron chi connectivity index (χ4n) is 1.43. The molecule has 1 unspecified atom stereocenters. The number of nitrogens with one attached hydrogen (secondary N) is 1. The smallest absolute Gasteiger partial charge is 0.335 e. The Morgan fingerprint density at radius 3 is 2.68 bits per heavy atom. The molecule has 0 aliphatic rings. The van der Waals surface area contributed by atoms with Gasteiger partial charge in [-0.05, 0) is 34.7 Å². The van der Waals surface area contributed by atoms with Crippen LogP contribution in [-0.4, -0.2) is 49.5 Å². The van der Waals surface area contributed by atoms with Gasteiger partial charge >= 0.3 is 5.97 Å². The number of hydrogen-bond donors (Lipinski definition) is 3. The first-order valence-corrected chi connectivity index (χ1v) is 5.52. The molecule has 0 saturated heterocycles. The number of carbonyl (C=O) groups is 1. The maximum Gasteiger partial charge on any atom is 0.335 e. The van der Waals surface area contributed by atoms with Gasteiger partial charge in [0.1, 0.15) is 12.4 Å². The van der Waals surface area contributed by atoms with Gasteiger partial charge in [0.2, 0.25) is 0 Å². The molecule has 0 saturated carbocycles. The van der Waals surface area contributed by atoms with Gasteiger partial charge in [-0.2, -0.15) is 0 Å². The topological polar surface area (TPSA) is 121 Å². The largest absolute Gasteiger partial charge is 0.491 e. The van der Waals surface area contributed by atoms with E-state index in [1.54, 1.807) is 0 Å². The molecule has 1 heterocycles. The number of aromatic carboxylic acids is 1. The standard InChI is InChI=1S/C11H12N4O4/c16-8(5-10-12-14-15-13-10)6-19-9-3-1-7(2-4-9)11(17)18/h1-4,8,16H,5-6H2,(H,17,18)(H,12,13,14,15). The van der Waals surface area contributed by atoms with E-state index >= 15 is 0 Å². The minimum absolute atomic E-state index is 0.0626. The molecule has 19 heavy (non-hydrogen) atoms. The van der Waals surface area contributed by atoms with E-state index in [1.807, 2.05) is 0 Å². The maximum absolute atomic E-state index is 10.7. The summed E-state index contributed by atoms with van der Waals surface area (Å²) in [6.07, 6.45) is -0.505. The van der Waals surface area contributed by atoms with Crippen LogP contribution in [0.15, 0.2) is 24.3 Å². The van der Waals surface area contributed by atoms with Gasteiger partial charge in [0.15, 0.2) is 5.82 Å². The summed E-state index contributed by atoms with van der Waals surface area (Å²) in [5, 5.41) is 31.4. The van der Waals surface area contributed by atoms with Gasteiger partial charge in [0.25, 0.3) is 0 Å². The molecule has 0 radical (unpaired) electrons. The van der Waals surface area contributed by atoms with Crippen LogP contribution in [-0.2, 0) is 6.42 Å². The number of rotatable bonds is 6. The van der Waals surface area contributed by atoms with Crippen molar-refractivity contribution in [2.24, 2.45) is 0 Å². The Bertz CT molecular complexity index is 526. The molecule has 1 atom stereocenters. The molecule has 8 heteroatoms. The minimum Gasteiger partial charge on any atom is -0.491 e. The van der Waals surface area contributed by atoms with Crippen molar-refractivity contribution in [1.29, 1.82) is 0 Å². The van der Waals surface area contributed by atoms with E-state index in [1.165, 1.54) is 24.3 Å². The molecule has 3 N–H and O–H groups in total. The number of aromatic amines is 1. The van der Waals surface area contributed by atoms with Crippen LogP contribution in [0, 0.1) is 0 Å². The molecule has 100 valence electrons. The maximum atomic E-state index is 10.7. The number of carboxylic acids is 1. The van der Waals surface area contributed by atoms with Crippen LogP contribution in [0.1, 0.15) is 16.2 Å². The zero-order valence-electron chi connectivity index (χ0n) is 9.85. The normalized spacial score (nSPS) is 12.1. The predicted octanol–water partition coefficient (Wildman–Crippen LogP) is -0.120. The number of nitrogens with zero attached hydrogens (tertiary/aromatic N) is 3. The third-order valence-electron chi connectivity index (χ3n) is 2.36. The lowest BCUT2D eigenvalue weighted by Crippen LogP contribution is -2.20. The highest BCUT2D eigenvalue weighted by molar-refractivity contribution is 5.87. The summed E-state index contributed by atoms with van der Waals surface area (Å²) < 4.78 is 5.33. The Morgan fingerprint density at radius 2 is 2.11 bits per heavy atom. The number of H-pyrrole nitrogens is 1. The summed E-state index contributed by atoms with van der Waals surface area (Å²) in [5.41, 5.74) is 0.181. The second-order valence-electron chi connectivity index (χ2n) is 3.85. The number of ether oxygens (including phenoxy) is 1. The number of benzene rings is 1. The average Bonchev–Trinajstić information content (AvgIpc) is 2.89. The van der Waals surface area contributed by atoms with Gasteiger partial charge in [-0.25, -0.2) is 9.89 Å². The highest BCUT2D eigenvalue weighted by Crippen LogP contribution is 2.12. The summed E-state index contributed by atoms with van der Waals surface area (Å²) in [5.74, 6) is -0.0403. The second-order valence-corrected chi connectivity index (χ2v) is 3.85. The fraction of sp³-hybridized carbons (Fsp3) is 0.273. The number of aliphatic hydroxyl groups is 1. The van der Waals surface area contributed by atoms with Crippen molar-refractivity contribution >= 4 is 5.97 Å². The quantitative estimate of drug-likeness (QED) is 0.664. The van der Waals surface area contributed by atoms with Crippen LogP contribution in [0.2, 0.25) is 0 Å². The van der Waals surface area contributed by atoms with E-state index in [9.17, 15) is 9.90 Å². The van der Waals surface area contributed by atoms with Crippen molar-refractivity contribution < 1.29 is 19.7 Å². The lowest BCUT2D eigenvalue weighted by molar-refractivity contribution is 0.0696. The lowest BCUT2D eigenvalue weighted by Gasteiger charge is -2.10. The molecule has 2 rings (SSSR count). The van der Waals surface area contributed by atoms with Crippen molar-refractivity contribution in [3.8, 4) is 5.75 Å². The summed E-state index contributed by atoms with van der Waals surface area (Å²) in [6.45, 7) is 0.0626. The molecule has 0 aliphatic carbocycles. The number of hydrogen-bond acceptors (Lipinski definition) is 6. The van der Waals surface area contributed by atoms with Crippen LogP contribution in [0.4, 0.5) is 0 Å². The Balaban J connectivity index is 1.83. The number of aromatic nitrogens is 4. The predicted molar refractivity (Wildman–Crippen MR) is 62.8 cm³/mol. The van der Waals surface area contributed by atoms with Crippen LogP contribution < -0.4 is 4.74 Å². The molecule has 1 aromatic heterocycles. The van der Waals surface area contributed by atoms with Gasteiger partial charge in [-0.1, -0.05) is 0 Å². The summed E-state index contributed by atoms with van der Waals surface area (Å²) >= 11 is 0. The van der Waals surface area contributed by atoms with E-state index < -0.39 is 12.1 Å². The zero-order valence-corrected chi connectivity index (χ0v) is 9.85. The molecule has 1 aromatic carbocycles. The molecule has 0 aliphatic heterocycles. The number of aliphatic hydroxyl groups excluding tert-OH is 1. The monoisotopic (exact) mass is 264 g/mol. The Kier molecular flexibility index (Phi) is 4.04. The van der Waals surface area contributed by atoms with Gasteiger partial charge < -0.3 is 14.9 Å². The van der Waals surface area contributed by atoms with Gasteiger partial charge in [-0.15, -0.1) is 5.10 Å². The highest BCUT2D eigenvalue weighted by atomic mass is 16.5.